The van der Waals surface area contributed by atoms with E-state index in [2.05, 4.69) is 21.1 Å². The van der Waals surface area contributed by atoms with Gasteiger partial charge in [0.05, 0.1) is 33.1 Å². The van der Waals surface area contributed by atoms with Crippen molar-refractivity contribution in [3.05, 3.63) is 101 Å². The minimum atomic E-state index is -4.48. The number of hydrogen-bond acceptors (Lipinski definition) is 11. The molecule has 2 aliphatic heterocycles. The molecule has 52 heavy (non-hydrogen) atoms. The molecular weight excluding hydrogens is 736 g/mol. The van der Waals surface area contributed by atoms with Crippen molar-refractivity contribution in [1.29, 1.82) is 0 Å². The fourth-order valence-electron chi connectivity index (χ4n) is 6.45. The van der Waals surface area contributed by atoms with Crippen molar-refractivity contribution < 1.29 is 91.6 Å². The van der Waals surface area contributed by atoms with Crippen LogP contribution in [0, 0.1) is 0 Å². The molecule has 4 rings (SSSR count). The van der Waals surface area contributed by atoms with E-state index in [1.54, 1.807) is 28.9 Å². The van der Waals surface area contributed by atoms with Gasteiger partial charge in [0.15, 0.2) is 12.3 Å². The van der Waals surface area contributed by atoms with E-state index in [1.807, 2.05) is 94.2 Å². The average Bonchev–Trinajstić information content (AvgIpc) is 3.39. The van der Waals surface area contributed by atoms with E-state index in [0.29, 0.717) is 5.69 Å². The second-order valence-electron chi connectivity index (χ2n) is 13.3. The van der Waals surface area contributed by atoms with Gasteiger partial charge in [0.25, 0.3) is 0 Å². The number of amides is 2. The molecule has 2 heterocycles. The third kappa shape index (κ3) is 10.6. The molecule has 1 atom stereocenters. The van der Waals surface area contributed by atoms with Gasteiger partial charge < -0.3 is 24.6 Å². The molecule has 0 saturated carbocycles. The van der Waals surface area contributed by atoms with Crippen molar-refractivity contribution in [2.24, 2.45) is 5.90 Å². The third-order valence-corrected chi connectivity index (χ3v) is 10.5. The summed E-state index contributed by atoms with van der Waals surface area (Å²) in [5.74, 6) is 4.05. The Morgan fingerprint density at radius 2 is 1.60 bits per heavy atom. The number of allylic oxidation sites excluding steroid dienone is 8. The van der Waals surface area contributed by atoms with Crippen LogP contribution < -0.4 is 78.3 Å². The minimum absolute atomic E-state index is 0. The molecule has 2 aromatic rings. The minimum Gasteiger partial charge on any atom is -0.748 e. The molecule has 0 saturated heterocycles. The number of fused-ring (bicyclic) bond motifs is 2. The van der Waals surface area contributed by atoms with Crippen LogP contribution in [0.3, 0.4) is 0 Å². The summed E-state index contributed by atoms with van der Waals surface area (Å²) >= 11 is 0. The van der Waals surface area contributed by atoms with E-state index < -0.39 is 42.6 Å². The molecular formula is C35H45KN6O8S2. The first-order valence-corrected chi connectivity index (χ1v) is 19.4. The predicted molar refractivity (Wildman–Crippen MR) is 196 cm³/mol. The van der Waals surface area contributed by atoms with E-state index in [0.717, 1.165) is 39.5 Å². The molecule has 2 aromatic carbocycles. The smallest absolute Gasteiger partial charge is 0.748 e. The molecule has 2 aliphatic rings. The van der Waals surface area contributed by atoms with Gasteiger partial charge in [0.2, 0.25) is 5.69 Å². The van der Waals surface area contributed by atoms with Gasteiger partial charge in [-0.1, -0.05) is 56.4 Å². The molecule has 0 bridgehead atoms. The molecule has 0 spiro atoms. The SMILES string of the molecule is CNC(=O)Nc1ccc2c(c1)C(C)(C)C(/C=C/C=C/C=C/C=C1/N(CCS(=O)(=O)[O-])c3ccc(C(C)NON)cc3C1(C)C)=[N+]2CCS(=O)(=O)[O-].[K+]. The maximum Gasteiger partial charge on any atom is 1.00 e. The Labute approximate surface area is 348 Å². The van der Waals surface area contributed by atoms with E-state index in [1.165, 1.54) is 7.05 Å². The van der Waals surface area contributed by atoms with Crippen molar-refractivity contribution >= 4 is 49.0 Å². The van der Waals surface area contributed by atoms with Gasteiger partial charge in [-0.15, -0.1) is 0 Å². The predicted octanol–water partition coefficient (Wildman–Crippen LogP) is 0.715. The number of hydrogen-bond donors (Lipinski definition) is 4. The first-order chi connectivity index (χ1) is 23.8. The molecule has 1 unspecified atom stereocenters. The number of benzene rings is 2. The Hall–Kier alpha value is -2.52. The van der Waals surface area contributed by atoms with Crippen molar-refractivity contribution in [2.45, 2.75) is 51.5 Å². The Bertz CT molecular complexity index is 2040. The monoisotopic (exact) mass is 780 g/mol. The molecule has 17 heteroatoms. The van der Waals surface area contributed by atoms with Crippen LogP contribution in [-0.4, -0.2) is 73.9 Å². The fourth-order valence-corrected chi connectivity index (χ4v) is 7.27. The first-order valence-electron chi connectivity index (χ1n) is 16.2. The number of nitrogens with two attached hydrogens (primary N) is 1. The van der Waals surface area contributed by atoms with Gasteiger partial charge >= 0.3 is 57.4 Å². The summed E-state index contributed by atoms with van der Waals surface area (Å²) in [5.41, 5.74) is 7.98. The topological polar surface area (TPSA) is 209 Å². The zero-order valence-electron chi connectivity index (χ0n) is 30.5. The van der Waals surface area contributed by atoms with Crippen LogP contribution in [0.25, 0.3) is 0 Å². The number of nitrogens with zero attached hydrogens (tertiary/aromatic N) is 2. The summed E-state index contributed by atoms with van der Waals surface area (Å²) < 4.78 is 71.2. The molecule has 14 nitrogen and oxygen atoms in total. The van der Waals surface area contributed by atoms with Gasteiger partial charge in [-0.05, 0) is 56.2 Å². The van der Waals surface area contributed by atoms with Gasteiger partial charge in [-0.3, -0.25) is 0 Å². The number of nitrogens with one attached hydrogen (secondary N) is 3. The van der Waals surface area contributed by atoms with Crippen molar-refractivity contribution in [2.75, 3.05) is 41.9 Å². The van der Waals surface area contributed by atoms with Crippen LogP contribution in [0.1, 0.15) is 57.4 Å². The summed E-state index contributed by atoms with van der Waals surface area (Å²) in [6.45, 7) is 9.85. The second-order valence-corrected chi connectivity index (χ2v) is 16.4. The van der Waals surface area contributed by atoms with Gasteiger partial charge in [-0.2, -0.15) is 16.0 Å². The molecule has 0 aliphatic carbocycles. The normalized spacial score (nSPS) is 17.9. The van der Waals surface area contributed by atoms with Crippen LogP contribution in [0.5, 0.6) is 0 Å². The zero-order valence-corrected chi connectivity index (χ0v) is 35.2. The second kappa shape index (κ2) is 17.7. The summed E-state index contributed by atoms with van der Waals surface area (Å²) in [7, 11) is -7.43. The zero-order chi connectivity index (χ0) is 37.8. The maximum atomic E-state index is 11.9. The van der Waals surface area contributed by atoms with Crippen LogP contribution in [0.4, 0.5) is 21.9 Å². The number of carbonyl (C=O) groups is 1. The standard InChI is InChI=1S/C35H46N6O8S2.K/c1-24(39-49-36)25-14-16-29-27(22-25)34(2,3)31(40(29)18-20-50(43,44)45)12-10-8-7-9-11-13-32-35(4,5)28-23-26(38-33(42)37-6)15-17-30(28)41(32)19-21-51(46,47)48;/h7-17,22-24,39H,18-21,36H2,1-6H3,(H3-,37,38,42,43,44,45,46,47,48);/q;+1/p-1. The average molecular weight is 781 g/mol. The largest absolute Gasteiger partial charge is 1.00 e. The van der Waals surface area contributed by atoms with Crippen molar-refractivity contribution in [3.8, 4) is 0 Å². The Morgan fingerprint density at radius 1 is 0.942 bits per heavy atom. The summed E-state index contributed by atoms with van der Waals surface area (Å²) in [6, 6.07) is 10.5. The fraction of sp³-hybridized carbons (Fsp3) is 0.371. The van der Waals surface area contributed by atoms with E-state index >= 15 is 0 Å². The van der Waals surface area contributed by atoms with Crippen molar-refractivity contribution in [1.82, 2.24) is 10.8 Å². The Balaban J connectivity index is 0.00000729. The number of carbonyl (C=O) groups excluding carboxylic acids is 1. The van der Waals surface area contributed by atoms with E-state index in [4.69, 9.17) is 5.90 Å². The maximum absolute atomic E-state index is 11.9. The first kappa shape index (κ1) is 43.9. The van der Waals surface area contributed by atoms with Crippen molar-refractivity contribution in [3.63, 3.8) is 0 Å². The van der Waals surface area contributed by atoms with E-state index in [-0.39, 0.29) is 76.5 Å². The van der Waals surface area contributed by atoms with Gasteiger partial charge in [-0.25, -0.2) is 26.6 Å². The molecule has 0 fully saturated rings. The number of anilines is 2. The van der Waals surface area contributed by atoms with Crippen LogP contribution in [0.2, 0.25) is 0 Å². The van der Waals surface area contributed by atoms with E-state index in [9.17, 15) is 30.7 Å². The molecule has 2 amide bonds. The van der Waals surface area contributed by atoms with Crippen LogP contribution in [0.15, 0.2) is 84.6 Å². The molecule has 276 valence electrons. The summed E-state index contributed by atoms with van der Waals surface area (Å²) in [4.78, 5) is 18.4. The van der Waals surface area contributed by atoms with Gasteiger partial charge in [0.1, 0.15) is 10.1 Å². The quantitative estimate of drug-likeness (QED) is 0.0690. The number of hydroxylamine groups is 1. The molecule has 5 N–H and O–H groups in total. The molecule has 0 aromatic heterocycles. The summed E-state index contributed by atoms with van der Waals surface area (Å²) in [6.07, 6.45) is 12.8. The molecule has 0 radical (unpaired) electrons. The summed E-state index contributed by atoms with van der Waals surface area (Å²) in [5, 5.41) is 5.27. The number of urea groups is 1. The van der Waals surface area contributed by atoms with Gasteiger partial charge in [0, 0.05) is 53.8 Å². The van der Waals surface area contributed by atoms with Crippen LogP contribution in [-0.2, 0) is 36.0 Å². The van der Waals surface area contributed by atoms with Crippen LogP contribution >= 0.6 is 0 Å². The Kier molecular flexibility index (Phi) is 15.0. The number of rotatable bonds is 14. The Morgan fingerprint density at radius 3 is 2.23 bits per heavy atom. The third-order valence-electron chi connectivity index (χ3n) is 9.12.